The van der Waals surface area contributed by atoms with E-state index in [1.54, 1.807) is 0 Å². The summed E-state index contributed by atoms with van der Waals surface area (Å²) in [6, 6.07) is 0.751. The van der Waals surface area contributed by atoms with E-state index < -0.39 is 0 Å². The van der Waals surface area contributed by atoms with E-state index in [1.807, 2.05) is 0 Å². The average molecular weight is 252 g/mol. The summed E-state index contributed by atoms with van der Waals surface area (Å²) in [4.78, 5) is 2.73. The first kappa shape index (κ1) is 14.3. The SMILES string of the molecule is CC1CCC(CN)(CN2CCCC(C)C2C)CC1. The van der Waals surface area contributed by atoms with Gasteiger partial charge in [-0.25, -0.2) is 0 Å². The van der Waals surface area contributed by atoms with Crippen molar-refractivity contribution in [3.05, 3.63) is 0 Å². The van der Waals surface area contributed by atoms with Gasteiger partial charge in [0, 0.05) is 12.6 Å². The summed E-state index contributed by atoms with van der Waals surface area (Å²) in [5.41, 5.74) is 6.58. The first-order valence-electron chi connectivity index (χ1n) is 8.00. The third-order valence-corrected chi connectivity index (χ3v) is 5.81. The summed E-state index contributed by atoms with van der Waals surface area (Å²) in [6.07, 6.45) is 8.25. The van der Waals surface area contributed by atoms with Crippen molar-refractivity contribution in [3.63, 3.8) is 0 Å². The van der Waals surface area contributed by atoms with Gasteiger partial charge in [-0.15, -0.1) is 0 Å². The first-order chi connectivity index (χ1) is 8.56. The molecule has 1 saturated heterocycles. The van der Waals surface area contributed by atoms with Crippen molar-refractivity contribution in [3.8, 4) is 0 Å². The fourth-order valence-corrected chi connectivity index (χ4v) is 3.88. The van der Waals surface area contributed by atoms with Gasteiger partial charge in [0.1, 0.15) is 0 Å². The fraction of sp³-hybridized carbons (Fsp3) is 1.00. The Morgan fingerprint density at radius 1 is 1.11 bits per heavy atom. The molecule has 0 spiro atoms. The number of piperidine rings is 1. The van der Waals surface area contributed by atoms with Gasteiger partial charge in [0.2, 0.25) is 0 Å². The third kappa shape index (κ3) is 3.08. The normalized spacial score (nSPS) is 43.0. The third-order valence-electron chi connectivity index (χ3n) is 5.81. The number of hydrogen-bond acceptors (Lipinski definition) is 2. The molecule has 106 valence electrons. The number of hydrogen-bond donors (Lipinski definition) is 1. The molecule has 0 aromatic heterocycles. The molecule has 2 atom stereocenters. The van der Waals surface area contributed by atoms with Crippen LogP contribution < -0.4 is 5.73 Å². The second-order valence-corrected chi connectivity index (χ2v) is 7.22. The summed E-state index contributed by atoms with van der Waals surface area (Å²) in [5.74, 6) is 1.78. The second kappa shape index (κ2) is 5.92. The van der Waals surface area contributed by atoms with Gasteiger partial charge >= 0.3 is 0 Å². The highest BCUT2D eigenvalue weighted by molar-refractivity contribution is 4.91. The minimum Gasteiger partial charge on any atom is -0.330 e. The number of rotatable bonds is 3. The Kier molecular flexibility index (Phi) is 4.71. The van der Waals surface area contributed by atoms with Crippen molar-refractivity contribution in [1.29, 1.82) is 0 Å². The maximum Gasteiger partial charge on any atom is 0.00928 e. The van der Waals surface area contributed by atoms with E-state index in [4.69, 9.17) is 5.73 Å². The van der Waals surface area contributed by atoms with Crippen LogP contribution in [0.5, 0.6) is 0 Å². The van der Waals surface area contributed by atoms with E-state index in [0.29, 0.717) is 5.41 Å². The highest BCUT2D eigenvalue weighted by atomic mass is 15.2. The Bertz CT molecular complexity index is 256. The lowest BCUT2D eigenvalue weighted by Gasteiger charge is -2.46. The quantitative estimate of drug-likeness (QED) is 0.835. The molecule has 18 heavy (non-hydrogen) atoms. The van der Waals surface area contributed by atoms with Crippen molar-refractivity contribution in [2.75, 3.05) is 19.6 Å². The minimum absolute atomic E-state index is 0.428. The summed E-state index contributed by atoms with van der Waals surface area (Å²) >= 11 is 0. The van der Waals surface area contributed by atoms with E-state index in [0.717, 1.165) is 24.4 Å². The van der Waals surface area contributed by atoms with Crippen LogP contribution in [0.2, 0.25) is 0 Å². The molecule has 0 radical (unpaired) electrons. The molecular formula is C16H32N2. The summed E-state index contributed by atoms with van der Waals surface area (Å²) in [7, 11) is 0. The Labute approximate surface area is 113 Å². The standard InChI is InChI=1S/C16H32N2/c1-13-6-8-16(11-17,9-7-13)12-18-10-4-5-14(2)15(18)3/h13-15H,4-12,17H2,1-3H3. The van der Waals surface area contributed by atoms with Gasteiger partial charge in [0.05, 0.1) is 0 Å². The molecule has 1 aliphatic carbocycles. The van der Waals surface area contributed by atoms with E-state index in [9.17, 15) is 0 Å². The van der Waals surface area contributed by atoms with Gasteiger partial charge in [0.25, 0.3) is 0 Å². The summed E-state index contributed by atoms with van der Waals surface area (Å²) in [5, 5.41) is 0. The first-order valence-corrected chi connectivity index (χ1v) is 8.00. The molecule has 1 aliphatic heterocycles. The highest BCUT2D eigenvalue weighted by Crippen LogP contribution is 2.40. The van der Waals surface area contributed by atoms with Crippen LogP contribution in [-0.2, 0) is 0 Å². The molecule has 0 bridgehead atoms. The Balaban J connectivity index is 1.97. The molecule has 0 aromatic rings. The smallest absolute Gasteiger partial charge is 0.00928 e. The molecule has 0 aromatic carbocycles. The van der Waals surface area contributed by atoms with Crippen molar-refractivity contribution < 1.29 is 0 Å². The number of nitrogens with zero attached hydrogens (tertiary/aromatic N) is 1. The van der Waals surface area contributed by atoms with Crippen LogP contribution in [0, 0.1) is 17.3 Å². The van der Waals surface area contributed by atoms with Crippen molar-refractivity contribution in [1.82, 2.24) is 4.90 Å². The lowest BCUT2D eigenvalue weighted by atomic mass is 9.70. The average Bonchev–Trinajstić information content (AvgIpc) is 2.38. The van der Waals surface area contributed by atoms with E-state index >= 15 is 0 Å². The van der Waals surface area contributed by atoms with Crippen molar-refractivity contribution in [2.24, 2.45) is 23.0 Å². The predicted molar refractivity (Wildman–Crippen MR) is 78.6 cm³/mol. The molecule has 1 saturated carbocycles. The molecule has 2 heteroatoms. The Morgan fingerprint density at radius 2 is 1.78 bits per heavy atom. The number of likely N-dealkylation sites (tertiary alicyclic amines) is 1. The van der Waals surface area contributed by atoms with Gasteiger partial charge in [-0.2, -0.15) is 0 Å². The molecule has 1 heterocycles. The predicted octanol–water partition coefficient (Wildman–Crippen LogP) is 3.26. The zero-order valence-electron chi connectivity index (χ0n) is 12.6. The summed E-state index contributed by atoms with van der Waals surface area (Å²) < 4.78 is 0. The van der Waals surface area contributed by atoms with Gasteiger partial charge < -0.3 is 5.73 Å². The van der Waals surface area contributed by atoms with Crippen LogP contribution >= 0.6 is 0 Å². The molecule has 2 N–H and O–H groups in total. The second-order valence-electron chi connectivity index (χ2n) is 7.22. The minimum atomic E-state index is 0.428. The monoisotopic (exact) mass is 252 g/mol. The Hall–Kier alpha value is -0.0800. The molecule has 2 fully saturated rings. The van der Waals surface area contributed by atoms with Crippen LogP contribution in [0.15, 0.2) is 0 Å². The molecule has 2 nitrogen and oxygen atoms in total. The maximum atomic E-state index is 6.15. The molecule has 2 unspecified atom stereocenters. The largest absolute Gasteiger partial charge is 0.330 e. The fourth-order valence-electron chi connectivity index (χ4n) is 3.88. The molecular weight excluding hydrogens is 220 g/mol. The van der Waals surface area contributed by atoms with Crippen LogP contribution in [0.1, 0.15) is 59.3 Å². The van der Waals surface area contributed by atoms with Crippen LogP contribution in [0.25, 0.3) is 0 Å². The zero-order chi connectivity index (χ0) is 13.2. The van der Waals surface area contributed by atoms with Gasteiger partial charge in [-0.3, -0.25) is 4.90 Å². The van der Waals surface area contributed by atoms with Crippen LogP contribution in [0.3, 0.4) is 0 Å². The highest BCUT2D eigenvalue weighted by Gasteiger charge is 2.37. The van der Waals surface area contributed by atoms with Gasteiger partial charge in [-0.1, -0.05) is 26.7 Å². The topological polar surface area (TPSA) is 29.3 Å². The lowest BCUT2D eigenvalue weighted by molar-refractivity contribution is 0.0369. The zero-order valence-corrected chi connectivity index (χ0v) is 12.6. The van der Waals surface area contributed by atoms with E-state index in [1.165, 1.54) is 51.6 Å². The molecule has 2 aliphatic rings. The van der Waals surface area contributed by atoms with Gasteiger partial charge in [-0.05, 0) is 62.9 Å². The Morgan fingerprint density at radius 3 is 2.39 bits per heavy atom. The van der Waals surface area contributed by atoms with Gasteiger partial charge in [0.15, 0.2) is 0 Å². The van der Waals surface area contributed by atoms with Crippen molar-refractivity contribution >= 4 is 0 Å². The van der Waals surface area contributed by atoms with E-state index in [-0.39, 0.29) is 0 Å². The maximum absolute atomic E-state index is 6.15. The molecule has 2 rings (SSSR count). The van der Waals surface area contributed by atoms with E-state index in [2.05, 4.69) is 25.7 Å². The molecule has 0 amide bonds. The number of nitrogens with two attached hydrogens (primary N) is 1. The van der Waals surface area contributed by atoms with Crippen LogP contribution in [-0.4, -0.2) is 30.6 Å². The lowest BCUT2D eigenvalue weighted by Crippen LogP contribution is -2.51. The van der Waals surface area contributed by atoms with Crippen molar-refractivity contribution in [2.45, 2.75) is 65.3 Å². The van der Waals surface area contributed by atoms with Crippen LogP contribution in [0.4, 0.5) is 0 Å². The summed E-state index contributed by atoms with van der Waals surface area (Å²) in [6.45, 7) is 10.7.